The smallest absolute Gasteiger partial charge is 0.405 e. The molecule has 94 valence electrons. The highest BCUT2D eigenvalue weighted by molar-refractivity contribution is 5.89. The molecule has 0 radical (unpaired) electrons. The van der Waals surface area contributed by atoms with Gasteiger partial charge in [0.05, 0.1) is 11.3 Å². The van der Waals surface area contributed by atoms with E-state index in [2.05, 4.69) is 4.98 Å². The summed E-state index contributed by atoms with van der Waals surface area (Å²) in [4.78, 5) is 15.0. The van der Waals surface area contributed by atoms with Crippen LogP contribution in [0, 0.1) is 0 Å². The molecule has 0 spiro atoms. The van der Waals surface area contributed by atoms with Crippen LogP contribution < -0.4 is 10.6 Å². The molecule has 0 aliphatic heterocycles. The molecular formula is C9H10F3N3O2. The number of nitrogens with two attached hydrogens (primary N) is 1. The van der Waals surface area contributed by atoms with Crippen molar-refractivity contribution in [2.24, 2.45) is 0 Å². The van der Waals surface area contributed by atoms with Crippen molar-refractivity contribution in [3.05, 3.63) is 17.8 Å². The van der Waals surface area contributed by atoms with Gasteiger partial charge in [0, 0.05) is 13.2 Å². The lowest BCUT2D eigenvalue weighted by atomic mass is 10.2. The fourth-order valence-electron chi connectivity index (χ4n) is 1.25. The third-order valence-corrected chi connectivity index (χ3v) is 1.92. The molecule has 0 unspecified atom stereocenters. The average Bonchev–Trinajstić information content (AvgIpc) is 2.14. The third kappa shape index (κ3) is 3.51. The molecule has 0 aliphatic carbocycles. The Kier molecular flexibility index (Phi) is 3.45. The van der Waals surface area contributed by atoms with Gasteiger partial charge in [0.15, 0.2) is 5.82 Å². The van der Waals surface area contributed by atoms with Crippen molar-refractivity contribution < 1.29 is 23.1 Å². The van der Waals surface area contributed by atoms with Crippen molar-refractivity contribution in [3.8, 4) is 0 Å². The predicted molar refractivity (Wildman–Crippen MR) is 54.9 cm³/mol. The minimum Gasteiger partial charge on any atom is -0.478 e. The summed E-state index contributed by atoms with van der Waals surface area (Å²) in [6.45, 7) is -1.21. The number of carboxylic acid groups (broad SMARTS) is 1. The van der Waals surface area contributed by atoms with Crippen molar-refractivity contribution in [2.75, 3.05) is 24.2 Å². The quantitative estimate of drug-likeness (QED) is 0.845. The van der Waals surface area contributed by atoms with E-state index in [0.29, 0.717) is 0 Å². The van der Waals surface area contributed by atoms with Gasteiger partial charge >= 0.3 is 12.1 Å². The van der Waals surface area contributed by atoms with Gasteiger partial charge in [0.25, 0.3) is 0 Å². The van der Waals surface area contributed by atoms with E-state index < -0.39 is 18.7 Å². The molecule has 0 aromatic carbocycles. The van der Waals surface area contributed by atoms with E-state index in [9.17, 15) is 18.0 Å². The molecule has 0 bridgehead atoms. The molecular weight excluding hydrogens is 239 g/mol. The number of alkyl halides is 3. The van der Waals surface area contributed by atoms with Crippen LogP contribution in [-0.2, 0) is 0 Å². The number of rotatable bonds is 3. The van der Waals surface area contributed by atoms with Crippen LogP contribution in [0.15, 0.2) is 12.3 Å². The highest BCUT2D eigenvalue weighted by Crippen LogP contribution is 2.24. The molecule has 8 heteroatoms. The number of hydrogen-bond acceptors (Lipinski definition) is 4. The molecule has 1 rings (SSSR count). The van der Waals surface area contributed by atoms with Gasteiger partial charge in [0.1, 0.15) is 6.54 Å². The summed E-state index contributed by atoms with van der Waals surface area (Å²) in [6, 6.07) is 1.07. The summed E-state index contributed by atoms with van der Waals surface area (Å²) in [6.07, 6.45) is -3.42. The first-order chi connectivity index (χ1) is 7.70. The second-order valence-electron chi connectivity index (χ2n) is 3.41. The van der Waals surface area contributed by atoms with Gasteiger partial charge in [-0.15, -0.1) is 0 Å². The Balaban J connectivity index is 2.96. The van der Waals surface area contributed by atoms with Crippen LogP contribution in [0.5, 0.6) is 0 Å². The molecule has 0 saturated heterocycles. The van der Waals surface area contributed by atoms with E-state index >= 15 is 0 Å². The van der Waals surface area contributed by atoms with Gasteiger partial charge in [-0.2, -0.15) is 13.2 Å². The number of anilines is 2. The monoisotopic (exact) mass is 249 g/mol. The molecule has 0 fully saturated rings. The number of carboxylic acids is 1. The minimum absolute atomic E-state index is 0.104. The fourth-order valence-corrected chi connectivity index (χ4v) is 1.25. The van der Waals surface area contributed by atoms with Crippen LogP contribution in [0.25, 0.3) is 0 Å². The van der Waals surface area contributed by atoms with E-state index in [4.69, 9.17) is 10.8 Å². The number of halogens is 3. The van der Waals surface area contributed by atoms with Crippen LogP contribution in [-0.4, -0.2) is 35.8 Å². The Bertz CT molecular complexity index is 434. The molecule has 1 aromatic rings. The van der Waals surface area contributed by atoms with E-state index in [-0.39, 0.29) is 17.1 Å². The maximum atomic E-state index is 12.1. The van der Waals surface area contributed by atoms with Crippen molar-refractivity contribution in [1.29, 1.82) is 0 Å². The average molecular weight is 249 g/mol. The predicted octanol–water partition coefficient (Wildman–Crippen LogP) is 1.36. The van der Waals surface area contributed by atoms with Crippen molar-refractivity contribution >= 4 is 17.5 Å². The summed E-state index contributed by atoms with van der Waals surface area (Å²) < 4.78 is 36.4. The largest absolute Gasteiger partial charge is 0.478 e. The van der Waals surface area contributed by atoms with Crippen LogP contribution in [0.2, 0.25) is 0 Å². The maximum Gasteiger partial charge on any atom is 0.405 e. The zero-order valence-electron chi connectivity index (χ0n) is 8.82. The first-order valence-corrected chi connectivity index (χ1v) is 4.47. The van der Waals surface area contributed by atoms with Gasteiger partial charge in [-0.3, -0.25) is 0 Å². The number of nitrogens with zero attached hydrogens (tertiary/aromatic N) is 2. The Morgan fingerprint density at radius 2 is 2.18 bits per heavy atom. The van der Waals surface area contributed by atoms with E-state index in [1.54, 1.807) is 0 Å². The molecule has 1 aromatic heterocycles. The number of carbonyl (C=O) groups is 1. The summed E-state index contributed by atoms with van der Waals surface area (Å²) in [5.41, 5.74) is 5.16. The van der Waals surface area contributed by atoms with E-state index in [0.717, 1.165) is 17.2 Å². The van der Waals surface area contributed by atoms with Crippen LogP contribution in [0.3, 0.4) is 0 Å². The Labute approximate surface area is 94.7 Å². The number of aromatic carboxylic acids is 1. The van der Waals surface area contributed by atoms with Gasteiger partial charge in [-0.25, -0.2) is 9.78 Å². The maximum absolute atomic E-state index is 12.1. The lowest BCUT2D eigenvalue weighted by Gasteiger charge is -2.21. The van der Waals surface area contributed by atoms with E-state index in [1.165, 1.54) is 7.05 Å². The second-order valence-corrected chi connectivity index (χ2v) is 3.41. The summed E-state index contributed by atoms with van der Waals surface area (Å²) in [5.74, 6) is -1.35. The van der Waals surface area contributed by atoms with E-state index in [1.807, 2.05) is 0 Å². The molecule has 17 heavy (non-hydrogen) atoms. The van der Waals surface area contributed by atoms with Gasteiger partial charge in [0.2, 0.25) is 0 Å². The Morgan fingerprint density at radius 3 is 2.59 bits per heavy atom. The molecule has 0 saturated carbocycles. The zero-order valence-corrected chi connectivity index (χ0v) is 8.82. The lowest BCUT2D eigenvalue weighted by molar-refractivity contribution is -0.119. The highest BCUT2D eigenvalue weighted by Gasteiger charge is 2.30. The lowest BCUT2D eigenvalue weighted by Crippen LogP contribution is -2.32. The van der Waals surface area contributed by atoms with Crippen molar-refractivity contribution in [2.45, 2.75) is 6.18 Å². The van der Waals surface area contributed by atoms with Crippen LogP contribution >= 0.6 is 0 Å². The molecule has 0 atom stereocenters. The Morgan fingerprint density at radius 1 is 1.59 bits per heavy atom. The zero-order chi connectivity index (χ0) is 13.2. The minimum atomic E-state index is -4.38. The summed E-state index contributed by atoms with van der Waals surface area (Å²) in [5, 5.41) is 8.64. The van der Waals surface area contributed by atoms with Gasteiger partial charge in [-0.1, -0.05) is 0 Å². The van der Waals surface area contributed by atoms with Crippen molar-refractivity contribution in [3.63, 3.8) is 0 Å². The first-order valence-electron chi connectivity index (χ1n) is 4.47. The molecule has 5 nitrogen and oxygen atoms in total. The number of nitrogen functional groups attached to an aromatic ring is 1. The van der Waals surface area contributed by atoms with Crippen molar-refractivity contribution in [1.82, 2.24) is 4.98 Å². The normalized spacial score (nSPS) is 11.3. The molecule has 3 N–H and O–H groups in total. The summed E-state index contributed by atoms with van der Waals surface area (Å²) >= 11 is 0. The standard InChI is InChI=1S/C9H10F3N3O2/c1-15(4-9(10,11)12)7-6(13)2-5(3-14-7)8(16)17/h2-3H,4,13H2,1H3,(H,16,17). The molecule has 0 amide bonds. The topological polar surface area (TPSA) is 79.5 Å². The highest BCUT2D eigenvalue weighted by atomic mass is 19.4. The SMILES string of the molecule is CN(CC(F)(F)F)c1ncc(C(=O)O)cc1N. The molecule has 0 aliphatic rings. The van der Waals surface area contributed by atoms with Gasteiger partial charge in [-0.05, 0) is 6.07 Å². The van der Waals surface area contributed by atoms with Crippen LogP contribution in [0.1, 0.15) is 10.4 Å². The third-order valence-electron chi connectivity index (χ3n) is 1.92. The number of aromatic nitrogens is 1. The van der Waals surface area contributed by atoms with Crippen LogP contribution in [0.4, 0.5) is 24.7 Å². The van der Waals surface area contributed by atoms with Gasteiger partial charge < -0.3 is 15.7 Å². The number of hydrogen-bond donors (Lipinski definition) is 2. The fraction of sp³-hybridized carbons (Fsp3) is 0.333. The molecule has 1 heterocycles. The first kappa shape index (κ1) is 13.1. The second kappa shape index (κ2) is 4.48. The Hall–Kier alpha value is -1.99. The summed E-state index contributed by atoms with van der Waals surface area (Å²) in [7, 11) is 1.17. The number of pyridine rings is 1.